The molecule has 0 aliphatic rings. The van der Waals surface area contributed by atoms with Crippen LogP contribution >= 0.6 is 27.3 Å². The zero-order chi connectivity index (χ0) is 24.4. The van der Waals surface area contributed by atoms with Crippen molar-refractivity contribution in [3.63, 3.8) is 0 Å². The number of fused-ring (bicyclic) bond motifs is 1. The number of nitrogens with zero attached hydrogens (tertiary/aromatic N) is 4. The Morgan fingerprint density at radius 1 is 1.03 bits per heavy atom. The number of hydrogen-bond acceptors (Lipinski definition) is 7. The molecule has 3 aromatic carbocycles. The fraction of sp³-hybridized carbons (Fsp3) is 0. The van der Waals surface area contributed by atoms with Gasteiger partial charge in [0, 0.05) is 10.0 Å². The highest BCUT2D eigenvalue weighted by molar-refractivity contribution is 9.10. The van der Waals surface area contributed by atoms with Crippen LogP contribution in [-0.2, 0) is 0 Å². The maximum absolute atomic E-state index is 13.5. The van der Waals surface area contributed by atoms with Gasteiger partial charge in [-0.05, 0) is 47.5 Å². The van der Waals surface area contributed by atoms with Crippen molar-refractivity contribution in [3.05, 3.63) is 111 Å². The number of nitro groups is 1. The maximum Gasteiger partial charge on any atom is 0.433 e. The van der Waals surface area contributed by atoms with E-state index < -0.39 is 16.7 Å². The lowest BCUT2D eigenvalue weighted by Crippen LogP contribution is -2.25. The molecule has 1 amide bonds. The van der Waals surface area contributed by atoms with E-state index in [2.05, 4.69) is 26.0 Å². The number of carbonyl (C=O) groups is 1. The minimum Gasteiger partial charge on any atom is -0.400 e. The van der Waals surface area contributed by atoms with E-state index in [1.54, 1.807) is 12.1 Å². The molecule has 0 unspecified atom stereocenters. The Bertz CT molecular complexity index is 1560. The average molecular weight is 547 g/mol. The minimum atomic E-state index is -0.639. The fourth-order valence-corrected chi connectivity index (χ4v) is 4.82. The van der Waals surface area contributed by atoms with Gasteiger partial charge in [0.05, 0.1) is 22.5 Å². The Morgan fingerprint density at radius 3 is 2.49 bits per heavy atom. The van der Waals surface area contributed by atoms with Gasteiger partial charge in [-0.25, -0.2) is 4.98 Å². The summed E-state index contributed by atoms with van der Waals surface area (Å²) in [5, 5.41) is 16.7. The van der Waals surface area contributed by atoms with E-state index in [0.717, 1.165) is 20.3 Å². The Kier molecular flexibility index (Phi) is 6.21. The summed E-state index contributed by atoms with van der Waals surface area (Å²) >= 11 is 4.75. The van der Waals surface area contributed by atoms with Crippen LogP contribution in [-0.4, -0.2) is 22.0 Å². The van der Waals surface area contributed by atoms with Gasteiger partial charge in [0.15, 0.2) is 5.76 Å². The number of carbonyl (C=O) groups excluding carboxylic acids is 1. The summed E-state index contributed by atoms with van der Waals surface area (Å²) in [5.74, 6) is -0.677. The Hall–Kier alpha value is -4.15. The second-order valence-corrected chi connectivity index (χ2v) is 9.27. The first-order valence-electron chi connectivity index (χ1n) is 10.3. The van der Waals surface area contributed by atoms with Crippen LogP contribution < -0.4 is 5.01 Å². The minimum absolute atomic E-state index is 0.137. The van der Waals surface area contributed by atoms with Crippen LogP contribution in [0.15, 0.2) is 98.9 Å². The van der Waals surface area contributed by atoms with Crippen LogP contribution in [0, 0.1) is 10.1 Å². The predicted molar refractivity (Wildman–Crippen MR) is 139 cm³/mol. The Morgan fingerprint density at radius 2 is 1.77 bits per heavy atom. The van der Waals surface area contributed by atoms with Gasteiger partial charge in [-0.1, -0.05) is 69.7 Å². The summed E-state index contributed by atoms with van der Waals surface area (Å²) in [6.45, 7) is 0. The monoisotopic (exact) mass is 546 g/mol. The van der Waals surface area contributed by atoms with E-state index in [4.69, 9.17) is 4.42 Å². The van der Waals surface area contributed by atoms with Crippen molar-refractivity contribution in [1.82, 2.24) is 4.98 Å². The van der Waals surface area contributed by atoms with Crippen LogP contribution in [0.25, 0.3) is 21.3 Å². The molecular weight excluding hydrogens is 532 g/mol. The molecule has 0 fully saturated rings. The largest absolute Gasteiger partial charge is 0.433 e. The van der Waals surface area contributed by atoms with Crippen molar-refractivity contribution < 1.29 is 14.1 Å². The summed E-state index contributed by atoms with van der Waals surface area (Å²) in [6, 6.07) is 25.3. The molecule has 10 heteroatoms. The molecule has 0 saturated heterocycles. The lowest BCUT2D eigenvalue weighted by molar-refractivity contribution is -0.402. The molecule has 0 aliphatic heterocycles. The van der Waals surface area contributed by atoms with Gasteiger partial charge in [0.2, 0.25) is 5.13 Å². The third kappa shape index (κ3) is 4.88. The number of amides is 1. The first-order valence-corrected chi connectivity index (χ1v) is 11.9. The predicted octanol–water partition coefficient (Wildman–Crippen LogP) is 6.91. The van der Waals surface area contributed by atoms with E-state index in [0.29, 0.717) is 16.2 Å². The van der Waals surface area contributed by atoms with Crippen molar-refractivity contribution in [3.8, 4) is 11.1 Å². The highest BCUT2D eigenvalue weighted by Crippen LogP contribution is 2.32. The van der Waals surface area contributed by atoms with E-state index >= 15 is 0 Å². The van der Waals surface area contributed by atoms with Crippen LogP contribution in [0.2, 0.25) is 0 Å². The molecule has 0 aliphatic carbocycles. The van der Waals surface area contributed by atoms with Crippen molar-refractivity contribution in [2.75, 3.05) is 5.01 Å². The number of anilines is 1. The number of hydrogen-bond donors (Lipinski definition) is 0. The molecule has 0 spiro atoms. The van der Waals surface area contributed by atoms with Gasteiger partial charge in [-0.3, -0.25) is 14.9 Å². The smallest absolute Gasteiger partial charge is 0.400 e. The summed E-state index contributed by atoms with van der Waals surface area (Å²) in [4.78, 5) is 28.3. The van der Waals surface area contributed by atoms with Gasteiger partial charge < -0.3 is 4.42 Å². The molecule has 2 heterocycles. The zero-order valence-electron chi connectivity index (χ0n) is 17.9. The summed E-state index contributed by atoms with van der Waals surface area (Å²) in [6.07, 6.45) is 1.26. The maximum atomic E-state index is 13.5. The zero-order valence-corrected chi connectivity index (χ0v) is 20.3. The molecule has 172 valence electrons. The van der Waals surface area contributed by atoms with Crippen LogP contribution in [0.5, 0.6) is 0 Å². The molecule has 0 radical (unpaired) electrons. The fourth-order valence-electron chi connectivity index (χ4n) is 3.35. The molecule has 8 nitrogen and oxygen atoms in total. The standard InChI is InChI=1S/C25H15BrN4O4S/c26-19-10-12-21-22(14-19)35-25(28-21)29(27-15-20-11-13-23(34-20)30(32)33)24(31)18-8-6-17(7-9-18)16-4-2-1-3-5-16/h1-15H/b27-15+. The van der Waals surface area contributed by atoms with Crippen molar-refractivity contribution >= 4 is 60.6 Å². The summed E-state index contributed by atoms with van der Waals surface area (Å²) in [5.41, 5.74) is 3.14. The molecule has 2 aromatic heterocycles. The molecule has 0 saturated carbocycles. The van der Waals surface area contributed by atoms with E-state index in [1.807, 2.05) is 60.7 Å². The van der Waals surface area contributed by atoms with Crippen LogP contribution in [0.3, 0.4) is 0 Å². The van der Waals surface area contributed by atoms with Gasteiger partial charge in [-0.15, -0.1) is 0 Å². The average Bonchev–Trinajstić information content (AvgIpc) is 3.52. The third-order valence-corrected chi connectivity index (χ3v) is 6.53. The lowest BCUT2D eigenvalue weighted by Gasteiger charge is -2.14. The molecular formula is C25H15BrN4O4S. The number of aromatic nitrogens is 1. The summed E-state index contributed by atoms with van der Waals surface area (Å²) in [7, 11) is 0. The number of hydrazone groups is 1. The first kappa shape index (κ1) is 22.6. The topological polar surface area (TPSA) is 102 Å². The molecule has 0 atom stereocenters. The van der Waals surface area contributed by atoms with Gasteiger partial charge in [0.25, 0.3) is 5.91 Å². The number of rotatable bonds is 6. The Balaban J connectivity index is 1.50. The Labute approximate surface area is 211 Å². The molecule has 5 rings (SSSR count). The van der Waals surface area contributed by atoms with E-state index in [9.17, 15) is 14.9 Å². The summed E-state index contributed by atoms with van der Waals surface area (Å²) < 4.78 is 6.91. The number of halogens is 1. The molecule has 5 aromatic rings. The van der Waals surface area contributed by atoms with Gasteiger partial charge in [0.1, 0.15) is 4.92 Å². The first-order chi connectivity index (χ1) is 17.0. The number of furan rings is 1. The normalized spacial score (nSPS) is 11.2. The second kappa shape index (κ2) is 9.61. The van der Waals surface area contributed by atoms with Crippen molar-refractivity contribution in [1.29, 1.82) is 0 Å². The highest BCUT2D eigenvalue weighted by atomic mass is 79.9. The third-order valence-electron chi connectivity index (χ3n) is 5.04. The van der Waals surface area contributed by atoms with Crippen molar-refractivity contribution in [2.45, 2.75) is 0 Å². The number of thiazole rings is 1. The van der Waals surface area contributed by atoms with Gasteiger partial charge in [-0.2, -0.15) is 10.1 Å². The van der Waals surface area contributed by atoms with Crippen LogP contribution in [0.1, 0.15) is 16.1 Å². The van der Waals surface area contributed by atoms with Gasteiger partial charge >= 0.3 is 5.88 Å². The number of benzene rings is 3. The molecule has 0 bridgehead atoms. The molecule has 35 heavy (non-hydrogen) atoms. The van der Waals surface area contributed by atoms with Crippen molar-refractivity contribution in [2.24, 2.45) is 5.10 Å². The van der Waals surface area contributed by atoms with E-state index in [-0.39, 0.29) is 5.76 Å². The van der Waals surface area contributed by atoms with Crippen LogP contribution in [0.4, 0.5) is 11.0 Å². The SMILES string of the molecule is O=C(c1ccc(-c2ccccc2)cc1)N(/N=C/c1ccc([N+](=O)[O-])o1)c1nc2ccc(Br)cc2s1. The molecule has 0 N–H and O–H groups in total. The van der Waals surface area contributed by atoms with E-state index in [1.165, 1.54) is 34.7 Å². The second-order valence-electron chi connectivity index (χ2n) is 7.35. The quantitative estimate of drug-likeness (QED) is 0.131. The highest BCUT2D eigenvalue weighted by Gasteiger charge is 2.22. The lowest BCUT2D eigenvalue weighted by atomic mass is 10.0.